The standard InChI is InChI=1S/C47H80O2/c1-3-5-7-9-11-13-15-17-19-21-23-25-27-29-31-41-47(43-33-37-45(48)38-34-43,44-35-39-46(49)40-36-44)42-32-30-28-26-24-22-20-18-16-14-12-10-8-6-4-2/h33-40,48-49H,3-32,41-42H2,1-2H3. The Morgan fingerprint density at radius 1 is 0.306 bits per heavy atom. The quantitative estimate of drug-likeness (QED) is 0.0724. The first kappa shape index (κ1) is 43.2. The lowest BCUT2D eigenvalue weighted by molar-refractivity contribution is 0.388. The van der Waals surface area contributed by atoms with E-state index in [2.05, 4.69) is 38.1 Å². The first-order valence-electron chi connectivity index (χ1n) is 21.7. The highest BCUT2D eigenvalue weighted by Gasteiger charge is 2.33. The van der Waals surface area contributed by atoms with Gasteiger partial charge in [0.15, 0.2) is 0 Å². The molecule has 2 heteroatoms. The van der Waals surface area contributed by atoms with Crippen molar-refractivity contribution in [3.05, 3.63) is 59.7 Å². The summed E-state index contributed by atoms with van der Waals surface area (Å²) in [6.45, 7) is 4.59. The van der Waals surface area contributed by atoms with Gasteiger partial charge in [0, 0.05) is 5.41 Å². The largest absolute Gasteiger partial charge is 0.508 e. The maximum absolute atomic E-state index is 10.1. The first-order chi connectivity index (χ1) is 24.1. The van der Waals surface area contributed by atoms with Crippen molar-refractivity contribution in [2.45, 2.75) is 225 Å². The summed E-state index contributed by atoms with van der Waals surface area (Å²) in [6, 6.07) is 16.1. The van der Waals surface area contributed by atoms with Gasteiger partial charge in [0.05, 0.1) is 0 Å². The monoisotopic (exact) mass is 677 g/mol. The van der Waals surface area contributed by atoms with Gasteiger partial charge in [-0.25, -0.2) is 0 Å². The molecule has 0 unspecified atom stereocenters. The van der Waals surface area contributed by atoms with Crippen LogP contribution in [0.2, 0.25) is 0 Å². The van der Waals surface area contributed by atoms with Gasteiger partial charge < -0.3 is 10.2 Å². The molecule has 2 rings (SSSR count). The van der Waals surface area contributed by atoms with Crippen molar-refractivity contribution in [2.24, 2.45) is 0 Å². The van der Waals surface area contributed by atoms with Crippen molar-refractivity contribution in [1.29, 1.82) is 0 Å². The number of unbranched alkanes of at least 4 members (excludes halogenated alkanes) is 28. The summed E-state index contributed by atoms with van der Waals surface area (Å²) in [5.74, 6) is 0.671. The molecule has 0 aromatic heterocycles. The summed E-state index contributed by atoms with van der Waals surface area (Å²) in [6.07, 6.45) is 43.8. The van der Waals surface area contributed by atoms with Crippen LogP contribution in [0.4, 0.5) is 0 Å². The zero-order valence-electron chi connectivity index (χ0n) is 32.6. The summed E-state index contributed by atoms with van der Waals surface area (Å²) in [7, 11) is 0. The Bertz CT molecular complexity index is 897. The van der Waals surface area contributed by atoms with E-state index in [1.807, 2.05) is 24.3 Å². The third kappa shape index (κ3) is 20.5. The van der Waals surface area contributed by atoms with Crippen LogP contribution in [0.15, 0.2) is 48.5 Å². The van der Waals surface area contributed by atoms with Crippen molar-refractivity contribution < 1.29 is 10.2 Å². The van der Waals surface area contributed by atoms with Crippen LogP contribution in [-0.4, -0.2) is 10.2 Å². The van der Waals surface area contributed by atoms with E-state index in [4.69, 9.17) is 0 Å². The van der Waals surface area contributed by atoms with Gasteiger partial charge in [-0.15, -0.1) is 0 Å². The van der Waals surface area contributed by atoms with E-state index in [1.54, 1.807) is 0 Å². The molecule has 0 bridgehead atoms. The van der Waals surface area contributed by atoms with Gasteiger partial charge in [-0.1, -0.05) is 231 Å². The minimum atomic E-state index is -0.0749. The molecule has 2 nitrogen and oxygen atoms in total. The van der Waals surface area contributed by atoms with E-state index >= 15 is 0 Å². The van der Waals surface area contributed by atoms with Gasteiger partial charge >= 0.3 is 0 Å². The summed E-state index contributed by atoms with van der Waals surface area (Å²) >= 11 is 0. The summed E-state index contributed by atoms with van der Waals surface area (Å²) in [4.78, 5) is 0. The number of phenolic OH excluding ortho intramolecular Hbond substituents is 2. The highest BCUT2D eigenvalue weighted by atomic mass is 16.3. The normalized spacial score (nSPS) is 11.8. The van der Waals surface area contributed by atoms with E-state index in [-0.39, 0.29) is 5.41 Å². The number of aromatic hydroxyl groups is 2. The average Bonchev–Trinajstić information content (AvgIpc) is 3.11. The second-order valence-corrected chi connectivity index (χ2v) is 15.6. The second kappa shape index (κ2) is 29.7. The molecule has 2 N–H and O–H groups in total. The maximum Gasteiger partial charge on any atom is 0.115 e. The Morgan fingerprint density at radius 3 is 0.735 bits per heavy atom. The molecule has 0 saturated heterocycles. The number of benzene rings is 2. The molecular formula is C47H80O2. The van der Waals surface area contributed by atoms with Gasteiger partial charge in [0.1, 0.15) is 11.5 Å². The molecule has 49 heavy (non-hydrogen) atoms. The summed E-state index contributed by atoms with van der Waals surface area (Å²) < 4.78 is 0. The second-order valence-electron chi connectivity index (χ2n) is 15.6. The van der Waals surface area contributed by atoms with E-state index < -0.39 is 0 Å². The predicted molar refractivity (Wildman–Crippen MR) is 216 cm³/mol. The number of phenols is 2. The minimum absolute atomic E-state index is 0.0749. The third-order valence-electron chi connectivity index (χ3n) is 11.3. The van der Waals surface area contributed by atoms with Gasteiger partial charge in [0.25, 0.3) is 0 Å². The molecule has 0 heterocycles. The zero-order chi connectivity index (χ0) is 35.1. The van der Waals surface area contributed by atoms with E-state index in [0.29, 0.717) is 11.5 Å². The van der Waals surface area contributed by atoms with Crippen molar-refractivity contribution in [2.75, 3.05) is 0 Å². The minimum Gasteiger partial charge on any atom is -0.508 e. The van der Waals surface area contributed by atoms with Crippen LogP contribution in [0.1, 0.15) is 230 Å². The van der Waals surface area contributed by atoms with Crippen molar-refractivity contribution in [1.82, 2.24) is 0 Å². The van der Waals surface area contributed by atoms with Crippen LogP contribution >= 0.6 is 0 Å². The number of hydrogen-bond donors (Lipinski definition) is 2. The van der Waals surface area contributed by atoms with Crippen LogP contribution < -0.4 is 0 Å². The smallest absolute Gasteiger partial charge is 0.115 e. The van der Waals surface area contributed by atoms with Crippen molar-refractivity contribution in [3.8, 4) is 11.5 Å². The molecule has 0 aliphatic carbocycles. The Balaban J connectivity index is 1.75. The summed E-state index contributed by atoms with van der Waals surface area (Å²) in [5.41, 5.74) is 2.55. The van der Waals surface area contributed by atoms with Crippen LogP contribution in [0.3, 0.4) is 0 Å². The van der Waals surface area contributed by atoms with Crippen LogP contribution in [-0.2, 0) is 5.41 Å². The topological polar surface area (TPSA) is 40.5 Å². The van der Waals surface area contributed by atoms with Crippen LogP contribution in [0.5, 0.6) is 11.5 Å². The first-order valence-corrected chi connectivity index (χ1v) is 21.7. The molecule has 0 atom stereocenters. The zero-order valence-corrected chi connectivity index (χ0v) is 32.6. The number of hydrogen-bond acceptors (Lipinski definition) is 2. The third-order valence-corrected chi connectivity index (χ3v) is 11.3. The molecule has 0 spiro atoms. The molecule has 0 aliphatic heterocycles. The van der Waals surface area contributed by atoms with Gasteiger partial charge in [-0.3, -0.25) is 0 Å². The Morgan fingerprint density at radius 2 is 0.510 bits per heavy atom. The molecule has 280 valence electrons. The van der Waals surface area contributed by atoms with E-state index in [1.165, 1.54) is 204 Å². The Hall–Kier alpha value is -1.96. The lowest BCUT2D eigenvalue weighted by Gasteiger charge is -2.36. The lowest BCUT2D eigenvalue weighted by atomic mass is 9.68. The van der Waals surface area contributed by atoms with Gasteiger partial charge in [0.2, 0.25) is 0 Å². The van der Waals surface area contributed by atoms with Gasteiger partial charge in [-0.05, 0) is 48.2 Å². The van der Waals surface area contributed by atoms with E-state index in [9.17, 15) is 10.2 Å². The maximum atomic E-state index is 10.1. The molecule has 0 aliphatic rings. The Labute approximate surface area is 305 Å². The molecule has 2 aromatic rings. The summed E-state index contributed by atoms with van der Waals surface area (Å²) in [5, 5.41) is 20.3. The van der Waals surface area contributed by atoms with Crippen LogP contribution in [0, 0.1) is 0 Å². The fraction of sp³-hybridized carbons (Fsp3) is 0.745. The van der Waals surface area contributed by atoms with Crippen molar-refractivity contribution >= 4 is 0 Å². The molecule has 2 aromatic carbocycles. The molecule has 0 fully saturated rings. The fourth-order valence-corrected chi connectivity index (χ4v) is 8.03. The van der Waals surface area contributed by atoms with Crippen molar-refractivity contribution in [3.63, 3.8) is 0 Å². The molecular weight excluding hydrogens is 597 g/mol. The van der Waals surface area contributed by atoms with Crippen LogP contribution in [0.25, 0.3) is 0 Å². The van der Waals surface area contributed by atoms with Gasteiger partial charge in [-0.2, -0.15) is 0 Å². The predicted octanol–water partition coefficient (Wildman–Crippen LogP) is 15.9. The lowest BCUT2D eigenvalue weighted by Crippen LogP contribution is -2.28. The molecule has 0 amide bonds. The fourth-order valence-electron chi connectivity index (χ4n) is 8.03. The van der Waals surface area contributed by atoms with E-state index in [0.717, 1.165) is 12.8 Å². The highest BCUT2D eigenvalue weighted by molar-refractivity contribution is 5.43. The SMILES string of the molecule is CCCCCCCCCCCCCCCCCC(CCCCCCCCCCCCCCCCC)(c1ccc(O)cc1)c1ccc(O)cc1. The highest BCUT2D eigenvalue weighted by Crippen LogP contribution is 2.43. The Kier molecular flexibility index (Phi) is 26.2. The average molecular weight is 677 g/mol. The molecule has 0 radical (unpaired) electrons. The molecule has 0 saturated carbocycles. The number of rotatable bonds is 34.